The molecule has 3 fully saturated rings. The third kappa shape index (κ3) is 2.24. The van der Waals surface area contributed by atoms with Gasteiger partial charge in [0.25, 0.3) is 0 Å². The Morgan fingerprint density at radius 3 is 3.05 bits per heavy atom. The highest BCUT2D eigenvalue weighted by molar-refractivity contribution is 5.87. The third-order valence-electron chi connectivity index (χ3n) is 4.59. The van der Waals surface area contributed by atoms with E-state index >= 15 is 0 Å². The second kappa shape index (κ2) is 5.12. The van der Waals surface area contributed by atoms with Gasteiger partial charge in [0.2, 0.25) is 11.8 Å². The SMILES string of the molecule is O=C1N[C@H]2CC[C@@H]1CN(C(=O)Cc1noc3ccccc13)C2. The van der Waals surface area contributed by atoms with Gasteiger partial charge in [0, 0.05) is 24.5 Å². The number of para-hydroxylation sites is 1. The van der Waals surface area contributed by atoms with Crippen molar-refractivity contribution < 1.29 is 14.1 Å². The zero-order valence-electron chi connectivity index (χ0n) is 12.1. The molecule has 2 atom stereocenters. The summed E-state index contributed by atoms with van der Waals surface area (Å²) in [5.41, 5.74) is 1.36. The van der Waals surface area contributed by atoms with Gasteiger partial charge in [-0.1, -0.05) is 17.3 Å². The van der Waals surface area contributed by atoms with Crippen molar-refractivity contribution in [3.63, 3.8) is 0 Å². The minimum atomic E-state index is -0.0725. The molecule has 3 aliphatic rings. The summed E-state index contributed by atoms with van der Waals surface area (Å²) in [6, 6.07) is 7.62. The van der Waals surface area contributed by atoms with Gasteiger partial charge in [0.05, 0.1) is 12.3 Å². The average Bonchev–Trinajstić information content (AvgIpc) is 2.71. The highest BCUT2D eigenvalue weighted by Crippen LogP contribution is 2.24. The van der Waals surface area contributed by atoms with Crippen LogP contribution in [0.5, 0.6) is 0 Å². The molecule has 0 unspecified atom stereocenters. The number of carbonyl (C=O) groups is 2. The molecule has 5 rings (SSSR count). The summed E-state index contributed by atoms with van der Waals surface area (Å²) in [7, 11) is 0. The van der Waals surface area contributed by atoms with E-state index in [0.717, 1.165) is 18.2 Å². The summed E-state index contributed by atoms with van der Waals surface area (Å²) in [6.07, 6.45) is 2.03. The van der Waals surface area contributed by atoms with Crippen LogP contribution < -0.4 is 5.32 Å². The van der Waals surface area contributed by atoms with Gasteiger partial charge in [-0.25, -0.2) is 0 Å². The maximum atomic E-state index is 12.6. The molecule has 0 aliphatic carbocycles. The highest BCUT2D eigenvalue weighted by atomic mass is 16.5. The van der Waals surface area contributed by atoms with Gasteiger partial charge in [0.1, 0.15) is 5.69 Å². The Morgan fingerprint density at radius 2 is 2.18 bits per heavy atom. The number of hydrogen-bond donors (Lipinski definition) is 1. The zero-order chi connectivity index (χ0) is 15.1. The van der Waals surface area contributed by atoms with Crippen molar-refractivity contribution in [2.75, 3.05) is 13.1 Å². The average molecular weight is 299 g/mol. The Hall–Kier alpha value is -2.37. The second-order valence-electron chi connectivity index (χ2n) is 6.08. The van der Waals surface area contributed by atoms with Crippen LogP contribution >= 0.6 is 0 Å². The Morgan fingerprint density at radius 1 is 1.32 bits per heavy atom. The van der Waals surface area contributed by atoms with Gasteiger partial charge in [-0.3, -0.25) is 9.59 Å². The smallest absolute Gasteiger partial charge is 0.228 e. The van der Waals surface area contributed by atoms with Crippen molar-refractivity contribution in [2.24, 2.45) is 5.92 Å². The first-order valence-corrected chi connectivity index (χ1v) is 7.62. The summed E-state index contributed by atoms with van der Waals surface area (Å²) < 4.78 is 5.25. The molecule has 0 spiro atoms. The molecule has 3 saturated heterocycles. The van der Waals surface area contributed by atoms with Crippen LogP contribution in [-0.2, 0) is 16.0 Å². The zero-order valence-corrected chi connectivity index (χ0v) is 12.1. The number of nitrogens with zero attached hydrogens (tertiary/aromatic N) is 2. The fourth-order valence-corrected chi connectivity index (χ4v) is 3.37. The van der Waals surface area contributed by atoms with Gasteiger partial charge in [-0.05, 0) is 25.0 Å². The lowest BCUT2D eigenvalue weighted by Gasteiger charge is -2.22. The van der Waals surface area contributed by atoms with E-state index in [1.807, 2.05) is 24.3 Å². The van der Waals surface area contributed by atoms with E-state index in [4.69, 9.17) is 4.52 Å². The van der Waals surface area contributed by atoms with Crippen LogP contribution in [0.25, 0.3) is 11.0 Å². The quantitative estimate of drug-likeness (QED) is 0.901. The Labute approximate surface area is 127 Å². The largest absolute Gasteiger partial charge is 0.356 e. The molecule has 2 bridgehead atoms. The molecule has 114 valence electrons. The molecule has 0 saturated carbocycles. The number of piperidine rings is 1. The van der Waals surface area contributed by atoms with Crippen molar-refractivity contribution in [1.82, 2.24) is 15.4 Å². The molecule has 4 heterocycles. The molecular formula is C16H17N3O3. The molecule has 2 aromatic rings. The first-order chi connectivity index (χ1) is 10.7. The predicted octanol–water partition coefficient (Wildman–Crippen LogP) is 1.11. The molecule has 1 aromatic carbocycles. The van der Waals surface area contributed by atoms with E-state index in [9.17, 15) is 9.59 Å². The molecule has 0 radical (unpaired) electrons. The molecule has 1 aromatic heterocycles. The van der Waals surface area contributed by atoms with Crippen molar-refractivity contribution in [1.29, 1.82) is 0 Å². The van der Waals surface area contributed by atoms with Crippen molar-refractivity contribution in [3.05, 3.63) is 30.0 Å². The normalized spacial score (nSPS) is 24.4. The third-order valence-corrected chi connectivity index (χ3v) is 4.59. The van der Waals surface area contributed by atoms with Crippen LogP contribution in [0, 0.1) is 5.92 Å². The molecule has 6 nitrogen and oxygen atoms in total. The second-order valence-corrected chi connectivity index (χ2v) is 6.08. The number of amides is 2. The fourth-order valence-electron chi connectivity index (χ4n) is 3.37. The first-order valence-electron chi connectivity index (χ1n) is 7.62. The number of hydrogen-bond acceptors (Lipinski definition) is 4. The number of carbonyl (C=O) groups excluding carboxylic acids is 2. The van der Waals surface area contributed by atoms with E-state index in [2.05, 4.69) is 10.5 Å². The molecule has 1 N–H and O–H groups in total. The lowest BCUT2D eigenvalue weighted by molar-refractivity contribution is -0.131. The van der Waals surface area contributed by atoms with E-state index in [1.165, 1.54) is 0 Å². The minimum Gasteiger partial charge on any atom is -0.356 e. The fraction of sp³-hybridized carbons (Fsp3) is 0.438. The topological polar surface area (TPSA) is 75.4 Å². The maximum Gasteiger partial charge on any atom is 0.228 e. The lowest BCUT2D eigenvalue weighted by atomic mass is 9.96. The molecule has 22 heavy (non-hydrogen) atoms. The Bertz CT molecular complexity index is 739. The molecule has 3 aliphatic heterocycles. The summed E-state index contributed by atoms with van der Waals surface area (Å²) in [5, 5.41) is 7.88. The number of fused-ring (bicyclic) bond motifs is 5. The molecule has 6 heteroatoms. The maximum absolute atomic E-state index is 12.6. The lowest BCUT2D eigenvalue weighted by Crippen LogP contribution is -2.44. The predicted molar refractivity (Wildman–Crippen MR) is 78.9 cm³/mol. The van der Waals surface area contributed by atoms with Crippen LogP contribution in [0.15, 0.2) is 28.8 Å². The summed E-state index contributed by atoms with van der Waals surface area (Å²) in [5.74, 6) is 0.0163. The first kappa shape index (κ1) is 13.3. The van der Waals surface area contributed by atoms with Gasteiger partial charge in [-0.15, -0.1) is 0 Å². The van der Waals surface area contributed by atoms with Gasteiger partial charge < -0.3 is 14.7 Å². The standard InChI is InChI=1S/C16H17N3O3/c20-15(7-13-12-3-1-2-4-14(12)22-18-13)19-8-10-5-6-11(9-19)17-16(10)21/h1-4,10-11H,5-9H2,(H,17,21)/t10-,11+/m1/s1. The van der Waals surface area contributed by atoms with E-state index in [1.54, 1.807) is 4.90 Å². The highest BCUT2D eigenvalue weighted by Gasteiger charge is 2.36. The molecule has 2 amide bonds. The summed E-state index contributed by atoms with van der Waals surface area (Å²) in [4.78, 5) is 26.2. The van der Waals surface area contributed by atoms with Crippen LogP contribution in [0.4, 0.5) is 0 Å². The van der Waals surface area contributed by atoms with E-state index in [0.29, 0.717) is 24.4 Å². The minimum absolute atomic E-state index is 0.00690. The van der Waals surface area contributed by atoms with Crippen LogP contribution in [0.2, 0.25) is 0 Å². The van der Waals surface area contributed by atoms with Crippen molar-refractivity contribution in [3.8, 4) is 0 Å². The molecular weight excluding hydrogens is 282 g/mol. The van der Waals surface area contributed by atoms with E-state index in [-0.39, 0.29) is 30.2 Å². The monoisotopic (exact) mass is 299 g/mol. The van der Waals surface area contributed by atoms with Crippen molar-refractivity contribution >= 4 is 22.8 Å². The van der Waals surface area contributed by atoms with Gasteiger partial charge >= 0.3 is 0 Å². The van der Waals surface area contributed by atoms with Gasteiger partial charge in [-0.2, -0.15) is 0 Å². The van der Waals surface area contributed by atoms with Crippen LogP contribution in [0.1, 0.15) is 18.5 Å². The summed E-state index contributed by atoms with van der Waals surface area (Å²) >= 11 is 0. The van der Waals surface area contributed by atoms with E-state index < -0.39 is 0 Å². The number of nitrogens with one attached hydrogen (secondary N) is 1. The van der Waals surface area contributed by atoms with Crippen LogP contribution in [-0.4, -0.2) is 41.0 Å². The number of rotatable bonds is 2. The Kier molecular flexibility index (Phi) is 3.10. The van der Waals surface area contributed by atoms with Crippen molar-refractivity contribution in [2.45, 2.75) is 25.3 Å². The van der Waals surface area contributed by atoms with Crippen LogP contribution in [0.3, 0.4) is 0 Å². The Balaban J connectivity index is 1.54. The van der Waals surface area contributed by atoms with Gasteiger partial charge in [0.15, 0.2) is 5.58 Å². The summed E-state index contributed by atoms with van der Waals surface area (Å²) in [6.45, 7) is 1.10. The number of benzene rings is 1. The number of aromatic nitrogens is 1.